The van der Waals surface area contributed by atoms with E-state index in [0.29, 0.717) is 15.2 Å². The maximum Gasteiger partial charge on any atom is 0.132 e. The number of aromatic nitrogens is 2. The average molecular weight is 351 g/mol. The second kappa shape index (κ2) is 5.56. The van der Waals surface area contributed by atoms with Gasteiger partial charge in [0.1, 0.15) is 11.6 Å². The third-order valence-corrected chi connectivity index (χ3v) is 3.58. The molecule has 1 N–H and O–H groups in total. The van der Waals surface area contributed by atoms with E-state index >= 15 is 0 Å². The Labute approximate surface area is 122 Å². The Morgan fingerprint density at radius 3 is 2.37 bits per heavy atom. The lowest BCUT2D eigenvalue weighted by atomic mass is 10.0. The van der Waals surface area contributed by atoms with Gasteiger partial charge in [-0.05, 0) is 19.2 Å². The number of nitrogens with one attached hydrogen (secondary N) is 1. The van der Waals surface area contributed by atoms with E-state index in [-0.39, 0.29) is 5.56 Å². The molecule has 0 saturated carbocycles. The van der Waals surface area contributed by atoms with Crippen molar-refractivity contribution in [3.63, 3.8) is 0 Å². The highest BCUT2D eigenvalue weighted by Crippen LogP contribution is 2.32. The molecule has 7 heteroatoms. The molecule has 0 radical (unpaired) electrons. The Morgan fingerprint density at radius 2 is 1.95 bits per heavy atom. The lowest BCUT2D eigenvalue weighted by Gasteiger charge is -2.19. The highest BCUT2D eigenvalue weighted by atomic mass is 79.9. The van der Waals surface area contributed by atoms with Gasteiger partial charge in [0.2, 0.25) is 0 Å². The fourth-order valence-corrected chi connectivity index (χ4v) is 2.67. The molecule has 0 bridgehead atoms. The summed E-state index contributed by atoms with van der Waals surface area (Å²) in [5, 5.41) is 7.19. The van der Waals surface area contributed by atoms with Gasteiger partial charge in [-0.1, -0.05) is 27.5 Å². The smallest absolute Gasteiger partial charge is 0.132 e. The lowest BCUT2D eigenvalue weighted by molar-refractivity contribution is 0.505. The average Bonchev–Trinajstić information content (AvgIpc) is 2.64. The summed E-state index contributed by atoms with van der Waals surface area (Å²) in [5.74, 6) is -1.30. The van der Waals surface area contributed by atoms with E-state index in [1.807, 2.05) is 0 Å². The molecule has 0 spiro atoms. The Hall–Kier alpha value is -0.980. The largest absolute Gasteiger partial charge is 0.308 e. The molecular formula is C12H11BrClF2N3. The first kappa shape index (κ1) is 14.4. The quantitative estimate of drug-likeness (QED) is 0.919. The maximum absolute atomic E-state index is 14.0. The predicted octanol–water partition coefficient (Wildman–Crippen LogP) is 3.42. The fraction of sp³-hybridized carbons (Fsp3) is 0.250. The minimum absolute atomic E-state index is 0.0869. The second-order valence-corrected chi connectivity index (χ2v) is 5.33. The Balaban J connectivity index is 2.61. The van der Waals surface area contributed by atoms with Crippen LogP contribution in [0.3, 0.4) is 0 Å². The van der Waals surface area contributed by atoms with Gasteiger partial charge in [0, 0.05) is 17.1 Å². The summed E-state index contributed by atoms with van der Waals surface area (Å²) in [5.41, 5.74) is 0.417. The van der Waals surface area contributed by atoms with Crippen LogP contribution in [0.1, 0.15) is 17.3 Å². The Bertz CT molecular complexity index is 573. The van der Waals surface area contributed by atoms with E-state index in [4.69, 9.17) is 11.6 Å². The maximum atomic E-state index is 14.0. The fourth-order valence-electron chi connectivity index (χ4n) is 1.99. The third-order valence-electron chi connectivity index (χ3n) is 2.83. The monoisotopic (exact) mass is 349 g/mol. The van der Waals surface area contributed by atoms with E-state index in [1.54, 1.807) is 14.1 Å². The zero-order valence-corrected chi connectivity index (χ0v) is 12.6. The molecule has 1 atom stereocenters. The normalized spacial score (nSPS) is 12.7. The zero-order valence-electron chi connectivity index (χ0n) is 10.2. The molecular weight excluding hydrogens is 340 g/mol. The topological polar surface area (TPSA) is 29.9 Å². The second-order valence-electron chi connectivity index (χ2n) is 4.01. The van der Waals surface area contributed by atoms with Gasteiger partial charge in [-0.15, -0.1) is 0 Å². The van der Waals surface area contributed by atoms with Gasteiger partial charge in [-0.2, -0.15) is 5.10 Å². The molecule has 1 aromatic heterocycles. The molecule has 1 aromatic carbocycles. The van der Waals surface area contributed by atoms with Crippen molar-refractivity contribution >= 4 is 27.5 Å². The molecule has 1 unspecified atom stereocenters. The molecule has 2 aromatic rings. The third kappa shape index (κ3) is 2.66. The number of aryl methyl sites for hydroxylation is 1. The summed E-state index contributed by atoms with van der Waals surface area (Å²) >= 11 is 9.08. The van der Waals surface area contributed by atoms with Crippen LogP contribution in [-0.4, -0.2) is 16.8 Å². The van der Waals surface area contributed by atoms with Gasteiger partial charge in [0.25, 0.3) is 0 Å². The summed E-state index contributed by atoms with van der Waals surface area (Å²) in [7, 11) is 3.27. The van der Waals surface area contributed by atoms with Crippen LogP contribution in [0.4, 0.5) is 8.78 Å². The standard InChI is InChI=1S/C12H11BrClF2N3/c1-17-11(12-7(14)5-18-19(12)2)10-8(15)3-6(13)4-9(10)16/h3-5,11,17H,1-2H3. The molecule has 0 aliphatic heterocycles. The first-order valence-corrected chi connectivity index (χ1v) is 6.62. The number of benzene rings is 1. The summed E-state index contributed by atoms with van der Waals surface area (Å²) in [6, 6.07) is 1.72. The minimum Gasteiger partial charge on any atom is -0.308 e. The summed E-state index contributed by atoms with van der Waals surface area (Å²) in [6.45, 7) is 0. The molecule has 1 heterocycles. The van der Waals surface area contributed by atoms with Crippen molar-refractivity contribution in [1.82, 2.24) is 15.1 Å². The van der Waals surface area contributed by atoms with Crippen LogP contribution in [0, 0.1) is 11.6 Å². The van der Waals surface area contributed by atoms with Gasteiger partial charge >= 0.3 is 0 Å². The molecule has 2 rings (SSSR count). The van der Waals surface area contributed by atoms with Crippen LogP contribution in [-0.2, 0) is 7.05 Å². The lowest BCUT2D eigenvalue weighted by Crippen LogP contribution is -2.23. The molecule has 19 heavy (non-hydrogen) atoms. The van der Waals surface area contributed by atoms with Crippen LogP contribution in [0.5, 0.6) is 0 Å². The van der Waals surface area contributed by atoms with Crippen LogP contribution < -0.4 is 5.32 Å². The highest BCUT2D eigenvalue weighted by molar-refractivity contribution is 9.10. The Kier molecular flexibility index (Phi) is 4.23. The summed E-state index contributed by atoms with van der Waals surface area (Å²) < 4.78 is 29.9. The van der Waals surface area contributed by atoms with E-state index in [1.165, 1.54) is 23.0 Å². The zero-order chi connectivity index (χ0) is 14.2. The van der Waals surface area contributed by atoms with E-state index in [0.717, 1.165) is 0 Å². The van der Waals surface area contributed by atoms with Crippen LogP contribution in [0.25, 0.3) is 0 Å². The van der Waals surface area contributed by atoms with Crippen molar-refractivity contribution in [2.45, 2.75) is 6.04 Å². The number of hydrogen-bond acceptors (Lipinski definition) is 2. The Morgan fingerprint density at radius 1 is 1.37 bits per heavy atom. The molecule has 0 saturated heterocycles. The van der Waals surface area contributed by atoms with Gasteiger partial charge < -0.3 is 5.32 Å². The van der Waals surface area contributed by atoms with Crippen molar-refractivity contribution in [1.29, 1.82) is 0 Å². The molecule has 102 valence electrons. The van der Waals surface area contributed by atoms with E-state index in [9.17, 15) is 8.78 Å². The van der Waals surface area contributed by atoms with Crippen LogP contribution in [0.15, 0.2) is 22.8 Å². The molecule has 0 fully saturated rings. The first-order valence-electron chi connectivity index (χ1n) is 5.44. The number of rotatable bonds is 3. The van der Waals surface area contributed by atoms with E-state index in [2.05, 4.69) is 26.3 Å². The van der Waals surface area contributed by atoms with Crippen molar-refractivity contribution in [2.75, 3.05) is 7.05 Å². The first-order chi connectivity index (χ1) is 8.95. The molecule has 0 aliphatic carbocycles. The number of nitrogens with zero attached hydrogens (tertiary/aromatic N) is 2. The van der Waals surface area contributed by atoms with Crippen molar-refractivity contribution < 1.29 is 8.78 Å². The molecule has 0 amide bonds. The van der Waals surface area contributed by atoms with E-state index < -0.39 is 17.7 Å². The highest BCUT2D eigenvalue weighted by Gasteiger charge is 2.26. The summed E-state index contributed by atoms with van der Waals surface area (Å²) in [4.78, 5) is 0. The van der Waals surface area contributed by atoms with Crippen molar-refractivity contribution in [3.8, 4) is 0 Å². The SMILES string of the molecule is CNC(c1c(F)cc(Br)cc1F)c1c(Cl)cnn1C. The predicted molar refractivity (Wildman–Crippen MR) is 73.2 cm³/mol. The van der Waals surface area contributed by atoms with Gasteiger partial charge in [0.15, 0.2) is 0 Å². The van der Waals surface area contributed by atoms with Gasteiger partial charge in [0.05, 0.1) is 23.0 Å². The molecule has 3 nitrogen and oxygen atoms in total. The number of hydrogen-bond donors (Lipinski definition) is 1. The number of halogens is 4. The van der Waals surface area contributed by atoms with Gasteiger partial charge in [-0.3, -0.25) is 4.68 Å². The minimum atomic E-state index is -0.715. The van der Waals surface area contributed by atoms with Crippen LogP contribution >= 0.6 is 27.5 Å². The van der Waals surface area contributed by atoms with Crippen LogP contribution in [0.2, 0.25) is 5.02 Å². The summed E-state index contributed by atoms with van der Waals surface area (Å²) in [6.07, 6.45) is 1.44. The van der Waals surface area contributed by atoms with Gasteiger partial charge in [-0.25, -0.2) is 8.78 Å². The van der Waals surface area contributed by atoms with Crippen molar-refractivity contribution in [2.24, 2.45) is 7.05 Å². The molecule has 0 aliphatic rings. The van der Waals surface area contributed by atoms with Crippen molar-refractivity contribution in [3.05, 3.63) is 50.7 Å².